The molecule has 0 spiro atoms. The lowest BCUT2D eigenvalue weighted by molar-refractivity contribution is -0.147. The number of hydrogen-bond acceptors (Lipinski definition) is 4. The van der Waals surface area contributed by atoms with Gasteiger partial charge in [0, 0.05) is 0 Å². The standard InChI is InChI=1S/C3H4O4.H4N2O2S/c4-2(5)1-3(6)7;1-5(2,3)4/h1H2,(H,4,5)(H,6,7);(H4,1,2,3,4). The van der Waals surface area contributed by atoms with Gasteiger partial charge in [0.1, 0.15) is 6.42 Å². The van der Waals surface area contributed by atoms with Gasteiger partial charge in [-0.05, 0) is 0 Å². The number of carboxylic acid groups (broad SMARTS) is 2. The minimum Gasteiger partial charge on any atom is -0.481 e. The summed E-state index contributed by atoms with van der Waals surface area (Å²) in [5, 5.41) is 23.6. The summed E-state index contributed by atoms with van der Waals surface area (Å²) >= 11 is 0. The molecule has 12 heavy (non-hydrogen) atoms. The molecule has 0 unspecified atom stereocenters. The average molecular weight is 200 g/mol. The molecule has 6 N–H and O–H groups in total. The van der Waals surface area contributed by atoms with Crippen molar-refractivity contribution in [3.8, 4) is 0 Å². The van der Waals surface area contributed by atoms with Crippen LogP contribution in [0.1, 0.15) is 6.42 Å². The summed E-state index contributed by atoms with van der Waals surface area (Å²) in [5.74, 6) is -2.62. The molecule has 8 nitrogen and oxygen atoms in total. The molecule has 0 saturated carbocycles. The van der Waals surface area contributed by atoms with Gasteiger partial charge in [-0.25, -0.2) is 10.3 Å². The lowest BCUT2D eigenvalue weighted by Crippen LogP contribution is -2.21. The molecule has 0 radical (unpaired) electrons. The lowest BCUT2D eigenvalue weighted by atomic mass is 10.5. The van der Waals surface area contributed by atoms with Crippen LogP contribution >= 0.6 is 0 Å². The van der Waals surface area contributed by atoms with E-state index in [1.807, 2.05) is 0 Å². The highest BCUT2D eigenvalue weighted by atomic mass is 32.2. The van der Waals surface area contributed by atoms with Crippen LogP contribution in [0.3, 0.4) is 0 Å². The van der Waals surface area contributed by atoms with E-state index in [0.29, 0.717) is 0 Å². The third kappa shape index (κ3) is 68.1. The summed E-state index contributed by atoms with van der Waals surface area (Å²) in [5.41, 5.74) is 0. The number of carboxylic acids is 2. The van der Waals surface area contributed by atoms with Crippen LogP contribution in [-0.2, 0) is 19.8 Å². The van der Waals surface area contributed by atoms with Crippen LogP contribution in [0.4, 0.5) is 0 Å². The second kappa shape index (κ2) is 5.46. The van der Waals surface area contributed by atoms with Gasteiger partial charge >= 0.3 is 11.9 Å². The Bertz CT molecular complexity index is 236. The molecule has 0 aromatic heterocycles. The van der Waals surface area contributed by atoms with Crippen LogP contribution in [0.15, 0.2) is 0 Å². The monoisotopic (exact) mass is 200 g/mol. The van der Waals surface area contributed by atoms with Crippen LogP contribution in [0.25, 0.3) is 0 Å². The fourth-order valence-electron chi connectivity index (χ4n) is 0.129. The number of aliphatic carboxylic acids is 2. The molecule has 0 saturated heterocycles. The number of nitrogens with two attached hydrogens (primary N) is 2. The number of carbonyl (C=O) groups is 2. The minimum absolute atomic E-state index is 0.806. The summed E-state index contributed by atoms with van der Waals surface area (Å²) in [6.45, 7) is 0. The Morgan fingerprint density at radius 3 is 1.25 bits per heavy atom. The van der Waals surface area contributed by atoms with Gasteiger partial charge in [0.2, 0.25) is 0 Å². The largest absolute Gasteiger partial charge is 0.481 e. The highest BCUT2D eigenvalue weighted by Crippen LogP contribution is 1.74. The van der Waals surface area contributed by atoms with E-state index in [1.165, 1.54) is 0 Å². The molecule has 0 bridgehead atoms. The molecule has 0 aliphatic carbocycles. The molecule has 0 heterocycles. The van der Waals surface area contributed by atoms with E-state index in [1.54, 1.807) is 0 Å². The summed E-state index contributed by atoms with van der Waals surface area (Å²) in [4.78, 5) is 18.9. The zero-order valence-corrected chi connectivity index (χ0v) is 6.61. The van der Waals surface area contributed by atoms with Crippen LogP contribution in [0.2, 0.25) is 0 Å². The third-order valence-electron chi connectivity index (χ3n) is 0.302. The first-order valence-corrected chi connectivity index (χ1v) is 3.98. The van der Waals surface area contributed by atoms with Gasteiger partial charge in [-0.15, -0.1) is 0 Å². The van der Waals surface area contributed by atoms with Crippen LogP contribution < -0.4 is 10.3 Å². The van der Waals surface area contributed by atoms with Gasteiger partial charge in [-0.1, -0.05) is 0 Å². The first-order valence-electron chi connectivity index (χ1n) is 2.37. The fourth-order valence-corrected chi connectivity index (χ4v) is 0.129. The van der Waals surface area contributed by atoms with E-state index in [-0.39, 0.29) is 0 Å². The Balaban J connectivity index is 0. The maximum Gasteiger partial charge on any atom is 0.314 e. The van der Waals surface area contributed by atoms with Crippen molar-refractivity contribution in [3.63, 3.8) is 0 Å². The topological polar surface area (TPSA) is 161 Å². The van der Waals surface area contributed by atoms with Crippen molar-refractivity contribution in [2.24, 2.45) is 10.3 Å². The van der Waals surface area contributed by atoms with E-state index in [4.69, 9.17) is 10.2 Å². The number of hydrogen-bond donors (Lipinski definition) is 4. The van der Waals surface area contributed by atoms with Crippen molar-refractivity contribution in [1.82, 2.24) is 0 Å². The van der Waals surface area contributed by atoms with Gasteiger partial charge in [0.15, 0.2) is 0 Å². The van der Waals surface area contributed by atoms with Crippen molar-refractivity contribution >= 4 is 22.1 Å². The fraction of sp³-hybridized carbons (Fsp3) is 0.333. The van der Waals surface area contributed by atoms with E-state index >= 15 is 0 Å². The first-order chi connectivity index (χ1) is 5.13. The van der Waals surface area contributed by atoms with E-state index < -0.39 is 28.6 Å². The molecule has 0 atom stereocenters. The van der Waals surface area contributed by atoms with Gasteiger partial charge < -0.3 is 10.2 Å². The van der Waals surface area contributed by atoms with E-state index in [2.05, 4.69) is 10.3 Å². The quantitative estimate of drug-likeness (QED) is 0.366. The van der Waals surface area contributed by atoms with E-state index in [9.17, 15) is 18.0 Å². The van der Waals surface area contributed by atoms with Gasteiger partial charge in [-0.3, -0.25) is 9.59 Å². The summed E-state index contributed by atoms with van der Waals surface area (Å²) in [6, 6.07) is 0. The summed E-state index contributed by atoms with van der Waals surface area (Å²) in [6.07, 6.45) is -0.806. The highest BCUT2D eigenvalue weighted by molar-refractivity contribution is 7.86. The zero-order chi connectivity index (χ0) is 10.4. The Kier molecular flexibility index (Phi) is 6.10. The molecule has 0 rings (SSSR count). The van der Waals surface area contributed by atoms with Crippen LogP contribution in [0.5, 0.6) is 0 Å². The Labute approximate surface area is 68.0 Å². The minimum atomic E-state index is -3.67. The molecule has 0 aromatic carbocycles. The van der Waals surface area contributed by atoms with E-state index in [0.717, 1.165) is 0 Å². The van der Waals surface area contributed by atoms with Crippen molar-refractivity contribution < 1.29 is 28.2 Å². The van der Waals surface area contributed by atoms with Crippen molar-refractivity contribution in [3.05, 3.63) is 0 Å². The zero-order valence-electron chi connectivity index (χ0n) is 5.80. The third-order valence-corrected chi connectivity index (χ3v) is 0.302. The second-order valence-corrected chi connectivity index (χ2v) is 2.73. The Morgan fingerprint density at radius 1 is 1.08 bits per heavy atom. The van der Waals surface area contributed by atoms with Crippen molar-refractivity contribution in [2.45, 2.75) is 6.42 Å². The van der Waals surface area contributed by atoms with Crippen LogP contribution in [-0.4, -0.2) is 30.6 Å². The average Bonchev–Trinajstić information content (AvgIpc) is 1.52. The predicted molar refractivity (Wildman–Crippen MR) is 37.2 cm³/mol. The van der Waals surface area contributed by atoms with Gasteiger partial charge in [0.25, 0.3) is 10.2 Å². The maximum atomic E-state index is 9.43. The number of rotatable bonds is 2. The molecular formula is C3H8N2O6S. The van der Waals surface area contributed by atoms with Crippen molar-refractivity contribution in [1.29, 1.82) is 0 Å². The SMILES string of the molecule is NS(N)(=O)=O.O=C(O)CC(=O)O. The molecule has 0 aromatic rings. The molecule has 0 aliphatic rings. The molecule has 0 amide bonds. The smallest absolute Gasteiger partial charge is 0.314 e. The second-order valence-electron chi connectivity index (χ2n) is 1.55. The van der Waals surface area contributed by atoms with Gasteiger partial charge in [0.05, 0.1) is 0 Å². The Morgan fingerprint density at radius 2 is 1.25 bits per heavy atom. The molecule has 9 heteroatoms. The van der Waals surface area contributed by atoms with Gasteiger partial charge in [-0.2, -0.15) is 8.42 Å². The Hall–Kier alpha value is -1.19. The van der Waals surface area contributed by atoms with Crippen molar-refractivity contribution in [2.75, 3.05) is 0 Å². The normalized spacial score (nSPS) is 9.50. The lowest BCUT2D eigenvalue weighted by Gasteiger charge is -1.80. The highest BCUT2D eigenvalue weighted by Gasteiger charge is 2.01. The first kappa shape index (κ1) is 13.4. The molecular weight excluding hydrogens is 192 g/mol. The molecule has 72 valence electrons. The predicted octanol–water partition coefficient (Wildman–Crippen LogP) is -2.31. The van der Waals surface area contributed by atoms with Crippen LogP contribution in [0, 0.1) is 0 Å². The maximum absolute atomic E-state index is 9.43. The summed E-state index contributed by atoms with van der Waals surface area (Å²) < 4.78 is 18.4. The molecule has 0 aliphatic heterocycles. The summed E-state index contributed by atoms with van der Waals surface area (Å²) in [7, 11) is -3.67. The molecule has 0 fully saturated rings.